The summed E-state index contributed by atoms with van der Waals surface area (Å²) in [6, 6.07) is 12.1. The Hall–Kier alpha value is -2.91. The Balaban J connectivity index is 1.43. The number of nitrogens with one attached hydrogen (secondary N) is 1. The third-order valence-corrected chi connectivity index (χ3v) is 8.20. The molecule has 1 atom stereocenters. The van der Waals surface area contributed by atoms with Crippen LogP contribution in [0.25, 0.3) is 0 Å². The van der Waals surface area contributed by atoms with Crippen molar-refractivity contribution in [3.8, 4) is 5.75 Å². The average Bonchev–Trinajstić information content (AvgIpc) is 2.82. The van der Waals surface area contributed by atoms with Gasteiger partial charge in [0.15, 0.2) is 6.10 Å². The highest BCUT2D eigenvalue weighted by Gasteiger charge is 2.33. The zero-order valence-electron chi connectivity index (χ0n) is 20.0. The monoisotopic (exact) mass is 485 g/mol. The molecule has 0 bridgehead atoms. The maximum absolute atomic E-state index is 13.2. The number of amides is 2. The fraction of sp³-hybridized carbons (Fsp3) is 0.440. The number of piperazine rings is 1. The molecular weight excluding hydrogens is 454 g/mol. The summed E-state index contributed by atoms with van der Waals surface area (Å²) in [5.74, 6) is 0.0714. The van der Waals surface area contributed by atoms with Crippen LogP contribution >= 0.6 is 0 Å². The van der Waals surface area contributed by atoms with Gasteiger partial charge in [-0.1, -0.05) is 39.8 Å². The minimum atomic E-state index is -3.78. The first-order valence-electron chi connectivity index (χ1n) is 11.5. The van der Waals surface area contributed by atoms with Crippen molar-refractivity contribution in [1.82, 2.24) is 9.21 Å². The summed E-state index contributed by atoms with van der Waals surface area (Å²) in [4.78, 5) is 26.8. The predicted octanol–water partition coefficient (Wildman–Crippen LogP) is 3.24. The molecule has 182 valence electrons. The maximum Gasteiger partial charge on any atom is 0.265 e. The molecule has 9 heteroatoms. The molecule has 0 spiro atoms. The van der Waals surface area contributed by atoms with E-state index in [4.69, 9.17) is 4.74 Å². The van der Waals surface area contributed by atoms with Gasteiger partial charge in [0.25, 0.3) is 11.8 Å². The molecule has 2 aromatic carbocycles. The first-order chi connectivity index (χ1) is 16.0. The van der Waals surface area contributed by atoms with Gasteiger partial charge in [-0.3, -0.25) is 9.59 Å². The van der Waals surface area contributed by atoms with E-state index in [2.05, 4.69) is 26.1 Å². The number of nitrogens with zero attached hydrogens (tertiary/aromatic N) is 2. The van der Waals surface area contributed by atoms with Gasteiger partial charge in [0.1, 0.15) is 5.75 Å². The molecule has 1 saturated heterocycles. The van der Waals surface area contributed by atoms with E-state index in [1.807, 2.05) is 31.2 Å². The summed E-state index contributed by atoms with van der Waals surface area (Å²) < 4.78 is 33.5. The van der Waals surface area contributed by atoms with Gasteiger partial charge in [-0.2, -0.15) is 4.31 Å². The van der Waals surface area contributed by atoms with Gasteiger partial charge in [-0.25, -0.2) is 8.42 Å². The topological polar surface area (TPSA) is 96.0 Å². The van der Waals surface area contributed by atoms with E-state index in [1.165, 1.54) is 16.4 Å². The molecule has 0 aromatic heterocycles. The van der Waals surface area contributed by atoms with Crippen molar-refractivity contribution in [2.45, 2.75) is 50.5 Å². The van der Waals surface area contributed by atoms with Crippen LogP contribution in [0.4, 0.5) is 5.69 Å². The molecule has 2 aromatic rings. The molecule has 4 rings (SSSR count). The molecule has 2 amide bonds. The summed E-state index contributed by atoms with van der Waals surface area (Å²) in [5, 5.41) is 2.73. The summed E-state index contributed by atoms with van der Waals surface area (Å²) in [7, 11) is -3.78. The number of hydrogen-bond acceptors (Lipinski definition) is 5. The van der Waals surface area contributed by atoms with Crippen LogP contribution in [0, 0.1) is 0 Å². The van der Waals surface area contributed by atoms with Crippen molar-refractivity contribution >= 4 is 27.5 Å². The molecule has 34 heavy (non-hydrogen) atoms. The fourth-order valence-corrected chi connectivity index (χ4v) is 5.58. The van der Waals surface area contributed by atoms with Crippen LogP contribution in [0.5, 0.6) is 5.75 Å². The third kappa shape index (κ3) is 4.67. The Morgan fingerprint density at radius 3 is 2.29 bits per heavy atom. The fourth-order valence-electron chi connectivity index (χ4n) is 4.13. The van der Waals surface area contributed by atoms with Crippen molar-refractivity contribution in [2.75, 3.05) is 31.5 Å². The quantitative estimate of drug-likeness (QED) is 0.717. The van der Waals surface area contributed by atoms with Gasteiger partial charge in [-0.05, 0) is 47.7 Å². The molecule has 0 radical (unpaired) electrons. The Morgan fingerprint density at radius 1 is 1.06 bits per heavy atom. The smallest absolute Gasteiger partial charge is 0.265 e. The lowest BCUT2D eigenvalue weighted by Crippen LogP contribution is -2.50. The Labute approximate surface area is 200 Å². The number of ether oxygens (including phenoxy) is 1. The van der Waals surface area contributed by atoms with Crippen LogP contribution in [0.3, 0.4) is 0 Å². The van der Waals surface area contributed by atoms with Gasteiger partial charge >= 0.3 is 0 Å². The van der Waals surface area contributed by atoms with E-state index in [0.717, 1.165) is 5.56 Å². The molecule has 0 aliphatic carbocycles. The summed E-state index contributed by atoms with van der Waals surface area (Å²) in [6.45, 7) is 9.22. The SMILES string of the molecule is CC[C@H]1Oc2ccc(S(=O)(=O)N3CCN(C(=O)c4ccc(C(C)(C)C)cc4)CC3)cc2NC1=O. The second-order valence-electron chi connectivity index (χ2n) is 9.69. The zero-order chi connectivity index (χ0) is 24.7. The lowest BCUT2D eigenvalue weighted by atomic mass is 9.86. The van der Waals surface area contributed by atoms with Crippen LogP contribution in [-0.4, -0.2) is 61.7 Å². The number of carbonyl (C=O) groups is 2. The number of benzene rings is 2. The van der Waals surface area contributed by atoms with Crippen molar-refractivity contribution < 1.29 is 22.7 Å². The summed E-state index contributed by atoms with van der Waals surface area (Å²) in [5.41, 5.74) is 2.10. The highest BCUT2D eigenvalue weighted by atomic mass is 32.2. The van der Waals surface area contributed by atoms with Gasteiger partial charge in [0.05, 0.1) is 10.6 Å². The highest BCUT2D eigenvalue weighted by Crippen LogP contribution is 2.33. The Kier molecular flexibility index (Phi) is 6.44. The van der Waals surface area contributed by atoms with Crippen molar-refractivity contribution in [1.29, 1.82) is 0 Å². The normalized spacial score (nSPS) is 19.2. The largest absolute Gasteiger partial charge is 0.478 e. The molecule has 1 N–H and O–H groups in total. The van der Waals surface area contributed by atoms with Gasteiger partial charge < -0.3 is 15.0 Å². The van der Waals surface area contributed by atoms with Crippen LogP contribution < -0.4 is 10.1 Å². The van der Waals surface area contributed by atoms with Gasteiger partial charge in [0.2, 0.25) is 10.0 Å². The second-order valence-corrected chi connectivity index (χ2v) is 11.6. The van der Waals surface area contributed by atoms with Crippen LogP contribution in [-0.2, 0) is 20.2 Å². The molecule has 2 aliphatic heterocycles. The minimum Gasteiger partial charge on any atom is -0.478 e. The van der Waals surface area contributed by atoms with Crippen molar-refractivity contribution in [2.24, 2.45) is 0 Å². The summed E-state index contributed by atoms with van der Waals surface area (Å²) in [6.07, 6.45) is -0.0556. The highest BCUT2D eigenvalue weighted by molar-refractivity contribution is 7.89. The Morgan fingerprint density at radius 2 is 1.71 bits per heavy atom. The summed E-state index contributed by atoms with van der Waals surface area (Å²) >= 11 is 0. The number of hydrogen-bond donors (Lipinski definition) is 1. The maximum atomic E-state index is 13.2. The van der Waals surface area contributed by atoms with Crippen LogP contribution in [0.1, 0.15) is 50.0 Å². The molecule has 1 fully saturated rings. The average molecular weight is 486 g/mol. The van der Waals surface area contributed by atoms with E-state index in [1.54, 1.807) is 11.0 Å². The third-order valence-electron chi connectivity index (χ3n) is 6.30. The number of fused-ring (bicyclic) bond motifs is 1. The van der Waals surface area contributed by atoms with Crippen LogP contribution in [0.15, 0.2) is 47.4 Å². The molecule has 0 unspecified atom stereocenters. The standard InChI is InChI=1S/C25H31N3O5S/c1-5-21-23(29)26-20-16-19(10-11-22(20)33-21)34(31,32)28-14-12-27(13-15-28)24(30)17-6-8-18(9-7-17)25(2,3)4/h6-11,16,21H,5,12-15H2,1-4H3,(H,26,29)/t21-/m1/s1. The Bertz CT molecular complexity index is 1190. The molecule has 2 heterocycles. The zero-order valence-corrected chi connectivity index (χ0v) is 20.8. The first-order valence-corrected chi connectivity index (χ1v) is 13.0. The molecular formula is C25H31N3O5S. The second kappa shape index (κ2) is 9.03. The lowest BCUT2D eigenvalue weighted by molar-refractivity contribution is -0.123. The van der Waals surface area contributed by atoms with E-state index >= 15 is 0 Å². The van der Waals surface area contributed by atoms with Gasteiger partial charge in [-0.15, -0.1) is 0 Å². The van der Waals surface area contributed by atoms with E-state index < -0.39 is 16.1 Å². The molecule has 0 saturated carbocycles. The predicted molar refractivity (Wildman–Crippen MR) is 130 cm³/mol. The number of carbonyl (C=O) groups excluding carboxylic acids is 2. The number of anilines is 1. The van der Waals surface area contributed by atoms with Crippen LogP contribution in [0.2, 0.25) is 0 Å². The van der Waals surface area contributed by atoms with Gasteiger partial charge in [0, 0.05) is 31.7 Å². The lowest BCUT2D eigenvalue weighted by Gasteiger charge is -2.34. The number of sulfonamides is 1. The van der Waals surface area contributed by atoms with E-state index in [9.17, 15) is 18.0 Å². The molecule has 8 nitrogen and oxygen atoms in total. The number of rotatable bonds is 4. The van der Waals surface area contributed by atoms with E-state index in [-0.39, 0.29) is 35.2 Å². The first kappa shape index (κ1) is 24.2. The van der Waals surface area contributed by atoms with E-state index in [0.29, 0.717) is 36.5 Å². The minimum absolute atomic E-state index is 0.00485. The van der Waals surface area contributed by atoms with Crippen molar-refractivity contribution in [3.63, 3.8) is 0 Å². The van der Waals surface area contributed by atoms with Crippen molar-refractivity contribution in [3.05, 3.63) is 53.6 Å². The molecule has 2 aliphatic rings.